The molecule has 0 aliphatic heterocycles. The van der Waals surface area contributed by atoms with Crippen molar-refractivity contribution in [2.75, 3.05) is 0 Å². The normalized spacial score (nSPS) is 12.2. The second kappa shape index (κ2) is 7.14. The van der Waals surface area contributed by atoms with Gasteiger partial charge in [-0.1, -0.05) is 23.8 Å². The van der Waals surface area contributed by atoms with Gasteiger partial charge in [-0.15, -0.1) is 23.1 Å². The number of carbonyl (C=O) groups excluding carboxylic acids is 1. The van der Waals surface area contributed by atoms with E-state index in [1.807, 2.05) is 24.4 Å². The molecule has 112 valence electrons. The number of aryl methyl sites for hydroxylation is 3. The Morgan fingerprint density at radius 3 is 2.52 bits per heavy atom. The third-order valence-corrected chi connectivity index (χ3v) is 5.61. The highest BCUT2D eigenvalue weighted by atomic mass is 32.2. The van der Waals surface area contributed by atoms with Gasteiger partial charge in [-0.2, -0.15) is 0 Å². The molecule has 0 aliphatic rings. The van der Waals surface area contributed by atoms with Gasteiger partial charge in [0.05, 0.1) is 11.8 Å². The number of hydrogen-bond acceptors (Lipinski definition) is 3. The van der Waals surface area contributed by atoms with Crippen LogP contribution in [0.3, 0.4) is 0 Å². The fraction of sp³-hybridized carbons (Fsp3) is 0.353. The van der Waals surface area contributed by atoms with Crippen LogP contribution in [0.5, 0.6) is 0 Å². The number of nitrogens with one attached hydrogen (secondary N) is 1. The van der Waals surface area contributed by atoms with Crippen LogP contribution in [0.2, 0.25) is 0 Å². The van der Waals surface area contributed by atoms with Crippen LogP contribution < -0.4 is 5.32 Å². The molecule has 1 heterocycles. The lowest BCUT2D eigenvalue weighted by Gasteiger charge is -2.15. The molecule has 0 aliphatic carbocycles. The third-order valence-electron chi connectivity index (χ3n) is 3.29. The summed E-state index contributed by atoms with van der Waals surface area (Å²) < 4.78 is 0. The Morgan fingerprint density at radius 1 is 1.29 bits per heavy atom. The van der Waals surface area contributed by atoms with E-state index < -0.39 is 0 Å². The maximum atomic E-state index is 12.2. The van der Waals surface area contributed by atoms with Gasteiger partial charge in [-0.05, 0) is 50.3 Å². The average molecular weight is 319 g/mol. The van der Waals surface area contributed by atoms with Gasteiger partial charge in [0.2, 0.25) is 5.91 Å². The number of rotatable bonds is 5. The summed E-state index contributed by atoms with van der Waals surface area (Å²) in [5, 5.41) is 4.94. The zero-order valence-electron chi connectivity index (χ0n) is 12.9. The average Bonchev–Trinajstić information content (AvgIpc) is 2.93. The van der Waals surface area contributed by atoms with Crippen LogP contribution in [0.1, 0.15) is 28.5 Å². The van der Waals surface area contributed by atoms with Crippen LogP contribution >= 0.6 is 23.1 Å². The molecule has 2 aromatic rings. The lowest BCUT2D eigenvalue weighted by molar-refractivity contribution is -0.120. The Morgan fingerprint density at radius 2 is 1.95 bits per heavy atom. The topological polar surface area (TPSA) is 29.1 Å². The van der Waals surface area contributed by atoms with Crippen LogP contribution in [0.15, 0.2) is 34.5 Å². The maximum absolute atomic E-state index is 12.2. The summed E-state index contributed by atoms with van der Waals surface area (Å²) in [5.74, 6) is 0.0905. The predicted octanol–water partition coefficient (Wildman–Crippen LogP) is 4.47. The van der Waals surface area contributed by atoms with Gasteiger partial charge < -0.3 is 5.32 Å². The number of carbonyl (C=O) groups is 1. The zero-order valence-corrected chi connectivity index (χ0v) is 14.5. The number of thioether (sulfide) groups is 1. The monoisotopic (exact) mass is 319 g/mol. The number of hydrogen-bond donors (Lipinski definition) is 1. The number of benzene rings is 1. The smallest absolute Gasteiger partial charge is 0.233 e. The largest absolute Gasteiger partial charge is 0.350 e. The first-order valence-corrected chi connectivity index (χ1v) is 8.78. The first-order chi connectivity index (χ1) is 9.97. The molecular weight excluding hydrogens is 298 g/mol. The molecule has 2 nitrogen and oxygen atoms in total. The van der Waals surface area contributed by atoms with Crippen LogP contribution in [-0.4, -0.2) is 11.2 Å². The van der Waals surface area contributed by atoms with Gasteiger partial charge in [-0.25, -0.2) is 0 Å². The van der Waals surface area contributed by atoms with Gasteiger partial charge in [0, 0.05) is 9.77 Å². The van der Waals surface area contributed by atoms with Crippen molar-refractivity contribution in [2.45, 2.75) is 44.4 Å². The van der Waals surface area contributed by atoms with E-state index in [1.54, 1.807) is 23.1 Å². The molecule has 0 saturated heterocycles. The Hall–Kier alpha value is -1.26. The molecule has 21 heavy (non-hydrogen) atoms. The SMILES string of the molecule is Cc1cc(C)c(SC(C)C(=O)NCc2cccs2)c(C)c1. The summed E-state index contributed by atoms with van der Waals surface area (Å²) >= 11 is 3.31. The summed E-state index contributed by atoms with van der Waals surface area (Å²) in [6, 6.07) is 8.39. The summed E-state index contributed by atoms with van der Waals surface area (Å²) in [6.07, 6.45) is 0. The van der Waals surface area contributed by atoms with E-state index in [4.69, 9.17) is 0 Å². The molecule has 1 aromatic carbocycles. The number of thiophene rings is 1. The Bertz CT molecular complexity index is 597. The molecule has 4 heteroatoms. The molecule has 0 fully saturated rings. The second-order valence-corrected chi connectivity index (χ2v) is 7.67. The van der Waals surface area contributed by atoms with Crippen molar-refractivity contribution < 1.29 is 4.79 Å². The van der Waals surface area contributed by atoms with Crippen LogP contribution in [0.25, 0.3) is 0 Å². The van der Waals surface area contributed by atoms with E-state index in [9.17, 15) is 4.79 Å². The fourth-order valence-corrected chi connectivity index (χ4v) is 3.99. The first kappa shape index (κ1) is 16.1. The zero-order chi connectivity index (χ0) is 15.4. The highest BCUT2D eigenvalue weighted by Crippen LogP contribution is 2.30. The van der Waals surface area contributed by atoms with Crippen molar-refractivity contribution in [2.24, 2.45) is 0 Å². The number of amides is 1. The summed E-state index contributed by atoms with van der Waals surface area (Å²) in [7, 11) is 0. The fourth-order valence-electron chi connectivity index (χ4n) is 2.31. The van der Waals surface area contributed by atoms with E-state index in [2.05, 4.69) is 38.2 Å². The molecule has 1 atom stereocenters. The van der Waals surface area contributed by atoms with E-state index in [0.29, 0.717) is 6.54 Å². The molecule has 1 unspecified atom stereocenters. The Labute approximate surface area is 135 Å². The van der Waals surface area contributed by atoms with Gasteiger partial charge in [-0.3, -0.25) is 4.79 Å². The lowest BCUT2D eigenvalue weighted by Crippen LogP contribution is -2.30. The van der Waals surface area contributed by atoms with Crippen molar-refractivity contribution in [3.8, 4) is 0 Å². The lowest BCUT2D eigenvalue weighted by atomic mass is 10.1. The molecule has 1 amide bonds. The molecule has 1 aromatic heterocycles. The minimum Gasteiger partial charge on any atom is -0.350 e. The predicted molar refractivity (Wildman–Crippen MR) is 92.1 cm³/mol. The van der Waals surface area contributed by atoms with Gasteiger partial charge in [0.15, 0.2) is 0 Å². The van der Waals surface area contributed by atoms with E-state index >= 15 is 0 Å². The molecular formula is C17H21NOS2. The van der Waals surface area contributed by atoms with E-state index in [1.165, 1.54) is 26.5 Å². The van der Waals surface area contributed by atoms with E-state index in [0.717, 1.165) is 0 Å². The Kier molecular flexibility index (Phi) is 5.48. The van der Waals surface area contributed by atoms with Gasteiger partial charge >= 0.3 is 0 Å². The highest BCUT2D eigenvalue weighted by Gasteiger charge is 2.16. The highest BCUT2D eigenvalue weighted by molar-refractivity contribution is 8.00. The van der Waals surface area contributed by atoms with Gasteiger partial charge in [0.1, 0.15) is 0 Å². The van der Waals surface area contributed by atoms with Crippen LogP contribution in [-0.2, 0) is 11.3 Å². The molecule has 0 radical (unpaired) electrons. The van der Waals surface area contributed by atoms with Crippen molar-refractivity contribution in [1.82, 2.24) is 5.32 Å². The van der Waals surface area contributed by atoms with Crippen molar-refractivity contribution in [3.05, 3.63) is 51.2 Å². The quantitative estimate of drug-likeness (QED) is 0.824. The minimum absolute atomic E-state index is 0.0905. The molecule has 1 N–H and O–H groups in total. The first-order valence-electron chi connectivity index (χ1n) is 7.02. The molecule has 0 spiro atoms. The maximum Gasteiger partial charge on any atom is 0.233 e. The Balaban J connectivity index is 1.97. The van der Waals surface area contributed by atoms with Crippen LogP contribution in [0.4, 0.5) is 0 Å². The van der Waals surface area contributed by atoms with Crippen LogP contribution in [0, 0.1) is 20.8 Å². The van der Waals surface area contributed by atoms with Crippen molar-refractivity contribution in [3.63, 3.8) is 0 Å². The summed E-state index contributed by atoms with van der Waals surface area (Å²) in [4.78, 5) is 14.6. The standard InChI is InChI=1S/C17H21NOS2/c1-11-8-12(2)16(13(3)9-11)21-14(4)17(19)18-10-15-6-5-7-20-15/h5-9,14H,10H2,1-4H3,(H,18,19). The summed E-state index contributed by atoms with van der Waals surface area (Å²) in [6.45, 7) is 8.91. The summed E-state index contributed by atoms with van der Waals surface area (Å²) in [5.41, 5.74) is 3.76. The second-order valence-electron chi connectivity index (χ2n) is 5.29. The molecule has 0 saturated carbocycles. The third kappa shape index (κ3) is 4.35. The molecule has 2 rings (SSSR count). The molecule has 0 bridgehead atoms. The van der Waals surface area contributed by atoms with E-state index in [-0.39, 0.29) is 11.2 Å². The minimum atomic E-state index is -0.0925. The van der Waals surface area contributed by atoms with Crippen molar-refractivity contribution >= 4 is 29.0 Å². The van der Waals surface area contributed by atoms with Gasteiger partial charge in [0.25, 0.3) is 0 Å². The van der Waals surface area contributed by atoms with Crippen molar-refractivity contribution in [1.29, 1.82) is 0 Å².